The summed E-state index contributed by atoms with van der Waals surface area (Å²) in [6.07, 6.45) is 1.23. The van der Waals surface area contributed by atoms with Crippen LogP contribution in [0.4, 0.5) is 0 Å². The van der Waals surface area contributed by atoms with Crippen molar-refractivity contribution >= 4 is 11.8 Å². The molecule has 0 radical (unpaired) electrons. The summed E-state index contributed by atoms with van der Waals surface area (Å²) in [5, 5.41) is 9.18. The van der Waals surface area contributed by atoms with E-state index in [0.29, 0.717) is 18.2 Å². The Kier molecular flexibility index (Phi) is 4.27. The molecule has 0 atom stereocenters. The van der Waals surface area contributed by atoms with Crippen LogP contribution in [0.15, 0.2) is 30.5 Å². The lowest BCUT2D eigenvalue weighted by Crippen LogP contribution is -2.14. The highest BCUT2D eigenvalue weighted by atomic mass is 16.5. The molecular weight excluding hydrogens is 272 g/mol. The summed E-state index contributed by atoms with van der Waals surface area (Å²) in [5.41, 5.74) is -0.0756. The predicted octanol–water partition coefficient (Wildman–Crippen LogP) is 2.11. The fourth-order valence-electron chi connectivity index (χ4n) is 1.88. The Hall–Kier alpha value is -2.76. The monoisotopic (exact) mass is 286 g/mol. The molecule has 0 saturated heterocycles. The number of hydrogen-bond donors (Lipinski definition) is 1. The number of carbonyl (C=O) groups excluding carboxylic acids is 1. The lowest BCUT2D eigenvalue weighted by Gasteiger charge is -2.10. The second kappa shape index (κ2) is 6.13. The van der Waals surface area contributed by atoms with Crippen LogP contribution in [-0.2, 0) is 0 Å². The molecule has 2 aromatic rings. The number of carbonyl (C=O) groups is 2. The van der Waals surface area contributed by atoms with Crippen LogP contribution in [0.1, 0.15) is 39.2 Å². The van der Waals surface area contributed by atoms with Crippen LogP contribution in [0, 0.1) is 6.92 Å². The number of hydrogen-bond acceptors (Lipinski definition) is 5. The third-order valence-electron chi connectivity index (χ3n) is 2.79. The fourth-order valence-corrected chi connectivity index (χ4v) is 1.88. The molecule has 0 spiro atoms. The molecule has 0 aliphatic heterocycles. The molecule has 0 bridgehead atoms. The third-order valence-corrected chi connectivity index (χ3v) is 2.79. The summed E-state index contributed by atoms with van der Waals surface area (Å²) in [7, 11) is 0. The maximum absolute atomic E-state index is 12.6. The van der Waals surface area contributed by atoms with Gasteiger partial charge in [0.2, 0.25) is 5.78 Å². The van der Waals surface area contributed by atoms with Gasteiger partial charge in [-0.3, -0.25) is 4.79 Å². The Bertz CT molecular complexity index is 698. The molecule has 1 heterocycles. The number of rotatable bonds is 5. The van der Waals surface area contributed by atoms with Crippen molar-refractivity contribution in [1.82, 2.24) is 9.97 Å². The highest BCUT2D eigenvalue weighted by Crippen LogP contribution is 2.22. The van der Waals surface area contributed by atoms with E-state index in [4.69, 9.17) is 4.74 Å². The lowest BCUT2D eigenvalue weighted by molar-refractivity contribution is 0.0685. The number of carboxylic acids is 1. The number of ketones is 1. The number of ether oxygens (including phenoxy) is 1. The van der Waals surface area contributed by atoms with Gasteiger partial charge in [0.25, 0.3) is 0 Å². The SMILES string of the molecule is CCOc1ccccc1C(=O)c1cnc(C)nc1C(=O)O. The molecule has 1 aromatic heterocycles. The van der Waals surface area contributed by atoms with Crippen LogP contribution in [0.5, 0.6) is 5.75 Å². The zero-order valence-electron chi connectivity index (χ0n) is 11.7. The highest BCUT2D eigenvalue weighted by molar-refractivity contribution is 6.14. The van der Waals surface area contributed by atoms with Crippen molar-refractivity contribution in [2.45, 2.75) is 13.8 Å². The maximum atomic E-state index is 12.6. The van der Waals surface area contributed by atoms with Crippen molar-refractivity contribution in [2.24, 2.45) is 0 Å². The quantitative estimate of drug-likeness (QED) is 0.847. The van der Waals surface area contributed by atoms with Crippen LogP contribution < -0.4 is 4.74 Å². The van der Waals surface area contributed by atoms with E-state index in [9.17, 15) is 14.7 Å². The van der Waals surface area contributed by atoms with Gasteiger partial charge in [-0.25, -0.2) is 14.8 Å². The topological polar surface area (TPSA) is 89.4 Å². The summed E-state index contributed by atoms with van der Waals surface area (Å²) >= 11 is 0. The second-order valence-corrected chi connectivity index (χ2v) is 4.24. The maximum Gasteiger partial charge on any atom is 0.355 e. The molecular formula is C15H14N2O4. The van der Waals surface area contributed by atoms with Gasteiger partial charge in [0, 0.05) is 6.20 Å². The predicted molar refractivity (Wildman–Crippen MR) is 74.8 cm³/mol. The molecule has 6 heteroatoms. The first-order chi connectivity index (χ1) is 10.0. The molecule has 2 rings (SSSR count). The summed E-state index contributed by atoms with van der Waals surface area (Å²) in [6, 6.07) is 6.67. The van der Waals surface area contributed by atoms with E-state index in [-0.39, 0.29) is 16.8 Å². The van der Waals surface area contributed by atoms with Crippen LogP contribution >= 0.6 is 0 Å². The average Bonchev–Trinajstić information content (AvgIpc) is 2.47. The zero-order chi connectivity index (χ0) is 15.4. The number of benzene rings is 1. The normalized spacial score (nSPS) is 10.2. The number of para-hydroxylation sites is 1. The lowest BCUT2D eigenvalue weighted by atomic mass is 10.0. The minimum Gasteiger partial charge on any atom is -0.493 e. The van der Waals surface area contributed by atoms with Crippen LogP contribution in [0.2, 0.25) is 0 Å². The Morgan fingerprint density at radius 3 is 2.62 bits per heavy atom. The van der Waals surface area contributed by atoms with Crippen molar-refractivity contribution in [3.63, 3.8) is 0 Å². The van der Waals surface area contributed by atoms with Gasteiger partial charge in [-0.05, 0) is 26.0 Å². The summed E-state index contributed by atoms with van der Waals surface area (Å²) in [5.74, 6) is -1.04. The molecule has 0 aliphatic rings. The first kappa shape index (κ1) is 14.6. The molecule has 1 N–H and O–H groups in total. The first-order valence-electron chi connectivity index (χ1n) is 6.38. The van der Waals surface area contributed by atoms with E-state index < -0.39 is 11.8 Å². The van der Waals surface area contributed by atoms with Crippen LogP contribution in [-0.4, -0.2) is 33.4 Å². The van der Waals surface area contributed by atoms with Gasteiger partial charge >= 0.3 is 5.97 Å². The average molecular weight is 286 g/mol. The van der Waals surface area contributed by atoms with Gasteiger partial charge in [-0.2, -0.15) is 0 Å². The number of aryl methyl sites for hydroxylation is 1. The number of nitrogens with zero attached hydrogens (tertiary/aromatic N) is 2. The minimum absolute atomic E-state index is 0.0553. The van der Waals surface area contributed by atoms with E-state index in [2.05, 4.69) is 9.97 Å². The largest absolute Gasteiger partial charge is 0.493 e. The Morgan fingerprint density at radius 1 is 1.24 bits per heavy atom. The Labute approximate surface area is 121 Å². The Morgan fingerprint density at radius 2 is 1.95 bits per heavy atom. The number of aromatic carboxylic acids is 1. The van der Waals surface area contributed by atoms with Gasteiger partial charge in [-0.15, -0.1) is 0 Å². The third kappa shape index (κ3) is 3.05. The summed E-state index contributed by atoms with van der Waals surface area (Å²) < 4.78 is 5.39. The first-order valence-corrected chi connectivity index (χ1v) is 6.38. The molecule has 21 heavy (non-hydrogen) atoms. The molecule has 108 valence electrons. The minimum atomic E-state index is -1.27. The molecule has 0 unspecified atom stereocenters. The van der Waals surface area contributed by atoms with Gasteiger partial charge < -0.3 is 9.84 Å². The van der Waals surface area contributed by atoms with Gasteiger partial charge in [0.1, 0.15) is 11.6 Å². The van der Waals surface area contributed by atoms with E-state index in [0.717, 1.165) is 0 Å². The fraction of sp³-hybridized carbons (Fsp3) is 0.200. The summed E-state index contributed by atoms with van der Waals surface area (Å²) in [6.45, 7) is 3.77. The van der Waals surface area contributed by atoms with Crippen molar-refractivity contribution in [2.75, 3.05) is 6.61 Å². The molecule has 0 fully saturated rings. The standard InChI is InChI=1S/C15H14N2O4/c1-3-21-12-7-5-4-6-10(12)14(18)11-8-16-9(2)17-13(11)15(19)20/h4-8H,3H2,1-2H3,(H,19,20). The highest BCUT2D eigenvalue weighted by Gasteiger charge is 2.22. The van der Waals surface area contributed by atoms with Crippen molar-refractivity contribution in [3.05, 3.63) is 53.1 Å². The van der Waals surface area contributed by atoms with Crippen molar-refractivity contribution in [1.29, 1.82) is 0 Å². The van der Waals surface area contributed by atoms with Crippen LogP contribution in [0.3, 0.4) is 0 Å². The molecule has 1 aromatic carbocycles. The van der Waals surface area contributed by atoms with Gasteiger partial charge in [0.15, 0.2) is 5.69 Å². The van der Waals surface area contributed by atoms with Gasteiger partial charge in [-0.1, -0.05) is 12.1 Å². The zero-order valence-corrected chi connectivity index (χ0v) is 11.7. The van der Waals surface area contributed by atoms with Crippen molar-refractivity contribution < 1.29 is 19.4 Å². The Balaban J connectivity index is 2.53. The van der Waals surface area contributed by atoms with Gasteiger partial charge in [0.05, 0.1) is 17.7 Å². The smallest absolute Gasteiger partial charge is 0.355 e. The molecule has 6 nitrogen and oxygen atoms in total. The van der Waals surface area contributed by atoms with Crippen molar-refractivity contribution in [3.8, 4) is 5.75 Å². The second-order valence-electron chi connectivity index (χ2n) is 4.24. The van der Waals surface area contributed by atoms with E-state index in [1.165, 1.54) is 6.20 Å². The van der Waals surface area contributed by atoms with E-state index in [1.54, 1.807) is 38.1 Å². The summed E-state index contributed by atoms with van der Waals surface area (Å²) in [4.78, 5) is 31.5. The van der Waals surface area contributed by atoms with Crippen LogP contribution in [0.25, 0.3) is 0 Å². The van der Waals surface area contributed by atoms with E-state index >= 15 is 0 Å². The number of carboxylic acid groups (broad SMARTS) is 1. The molecule has 0 aliphatic carbocycles. The molecule has 0 saturated carbocycles. The van der Waals surface area contributed by atoms with E-state index in [1.807, 2.05) is 0 Å². The number of aromatic nitrogens is 2. The molecule has 0 amide bonds.